The first kappa shape index (κ1) is 10.1. The fraction of sp³-hybridized carbons (Fsp3) is 0.182. The first-order valence-corrected chi connectivity index (χ1v) is 4.83. The SMILES string of the molecule is CC1(C(=O)C(=O)Cl)C=c2ccccc2=N1. The summed E-state index contributed by atoms with van der Waals surface area (Å²) in [5.74, 6) is -0.694. The monoisotopic (exact) mass is 221 g/mol. The van der Waals surface area contributed by atoms with Gasteiger partial charge in [-0.2, -0.15) is 0 Å². The zero-order chi connectivity index (χ0) is 11.1. The van der Waals surface area contributed by atoms with Gasteiger partial charge in [0.1, 0.15) is 5.54 Å². The maximum absolute atomic E-state index is 11.5. The molecule has 15 heavy (non-hydrogen) atoms. The number of para-hydroxylation sites is 1. The molecule has 2 rings (SSSR count). The van der Waals surface area contributed by atoms with E-state index in [1.54, 1.807) is 19.1 Å². The zero-order valence-electron chi connectivity index (χ0n) is 8.03. The second-order valence-electron chi connectivity index (χ2n) is 3.57. The van der Waals surface area contributed by atoms with Crippen LogP contribution in [-0.4, -0.2) is 16.6 Å². The Labute approximate surface area is 91.1 Å². The van der Waals surface area contributed by atoms with Crippen molar-refractivity contribution in [1.82, 2.24) is 0 Å². The molecule has 0 fully saturated rings. The lowest BCUT2D eigenvalue weighted by Crippen LogP contribution is -2.33. The third-order valence-electron chi connectivity index (χ3n) is 2.36. The smallest absolute Gasteiger partial charge is 0.286 e. The van der Waals surface area contributed by atoms with Crippen LogP contribution in [0.3, 0.4) is 0 Å². The molecular weight excluding hydrogens is 214 g/mol. The molecule has 0 aromatic heterocycles. The van der Waals surface area contributed by atoms with Crippen molar-refractivity contribution >= 4 is 28.7 Å². The number of hydrogen-bond donors (Lipinski definition) is 0. The van der Waals surface area contributed by atoms with Crippen LogP contribution in [-0.2, 0) is 9.59 Å². The molecule has 1 heterocycles. The molecule has 1 aliphatic heterocycles. The van der Waals surface area contributed by atoms with Gasteiger partial charge in [-0.1, -0.05) is 18.2 Å². The number of halogens is 1. The minimum absolute atomic E-state index is 0.694. The van der Waals surface area contributed by atoms with Crippen LogP contribution < -0.4 is 10.6 Å². The highest BCUT2D eigenvalue weighted by atomic mass is 35.5. The molecule has 0 saturated heterocycles. The highest BCUT2D eigenvalue weighted by molar-refractivity contribution is 6.82. The summed E-state index contributed by atoms with van der Waals surface area (Å²) in [4.78, 5) is 26.5. The topological polar surface area (TPSA) is 46.5 Å². The summed E-state index contributed by atoms with van der Waals surface area (Å²) in [7, 11) is 0. The van der Waals surface area contributed by atoms with E-state index >= 15 is 0 Å². The van der Waals surface area contributed by atoms with Crippen LogP contribution in [0.5, 0.6) is 0 Å². The normalized spacial score (nSPS) is 22.5. The van der Waals surface area contributed by atoms with Gasteiger partial charge in [-0.25, -0.2) is 0 Å². The molecule has 0 amide bonds. The standard InChI is InChI=1S/C11H8ClNO2/c1-11(9(14)10(12)15)6-7-4-2-3-5-8(7)13-11/h2-6H,1H3. The van der Waals surface area contributed by atoms with Gasteiger partial charge in [-0.3, -0.25) is 14.6 Å². The number of fused-ring (bicyclic) bond motifs is 1. The van der Waals surface area contributed by atoms with Crippen molar-refractivity contribution in [3.05, 3.63) is 34.8 Å². The molecule has 1 aromatic carbocycles. The van der Waals surface area contributed by atoms with Gasteiger partial charge in [0.15, 0.2) is 0 Å². The molecule has 0 N–H and O–H groups in total. The van der Waals surface area contributed by atoms with Crippen molar-refractivity contribution in [3.63, 3.8) is 0 Å². The molecule has 0 aliphatic carbocycles. The van der Waals surface area contributed by atoms with Crippen LogP contribution in [0.15, 0.2) is 29.3 Å². The second kappa shape index (κ2) is 3.28. The van der Waals surface area contributed by atoms with Gasteiger partial charge in [-0.05, 0) is 35.9 Å². The predicted molar refractivity (Wildman–Crippen MR) is 56.0 cm³/mol. The van der Waals surface area contributed by atoms with Gasteiger partial charge in [0, 0.05) is 0 Å². The number of benzene rings is 1. The molecule has 0 radical (unpaired) electrons. The number of hydrogen-bond acceptors (Lipinski definition) is 3. The predicted octanol–water partition coefficient (Wildman–Crippen LogP) is 0.194. The summed E-state index contributed by atoms with van der Waals surface area (Å²) in [5, 5.41) is 0.586. The lowest BCUT2D eigenvalue weighted by atomic mass is 9.98. The van der Waals surface area contributed by atoms with Crippen LogP contribution in [0.1, 0.15) is 6.92 Å². The van der Waals surface area contributed by atoms with E-state index in [0.29, 0.717) is 5.36 Å². The van der Waals surface area contributed by atoms with Gasteiger partial charge in [0.05, 0.1) is 5.36 Å². The first-order chi connectivity index (χ1) is 7.03. The highest BCUT2D eigenvalue weighted by Crippen LogP contribution is 2.16. The Morgan fingerprint density at radius 2 is 2.00 bits per heavy atom. The third-order valence-corrected chi connectivity index (χ3v) is 2.54. The summed E-state index contributed by atoms with van der Waals surface area (Å²) in [6.45, 7) is 1.58. The molecular formula is C11H8ClNO2. The Balaban J connectivity index is 2.59. The van der Waals surface area contributed by atoms with E-state index in [-0.39, 0.29) is 0 Å². The van der Waals surface area contributed by atoms with Gasteiger partial charge in [-0.15, -0.1) is 0 Å². The van der Waals surface area contributed by atoms with Crippen LogP contribution in [0.25, 0.3) is 6.08 Å². The molecule has 4 heteroatoms. The number of ketones is 1. The van der Waals surface area contributed by atoms with Crippen LogP contribution >= 0.6 is 11.6 Å². The number of nitrogens with zero attached hydrogens (tertiary/aromatic N) is 1. The lowest BCUT2D eigenvalue weighted by molar-refractivity contribution is -0.133. The Hall–Kier alpha value is -1.48. The van der Waals surface area contributed by atoms with E-state index in [4.69, 9.17) is 11.6 Å². The van der Waals surface area contributed by atoms with Crippen molar-refractivity contribution in [2.75, 3.05) is 0 Å². The number of carbonyl (C=O) groups is 2. The van der Waals surface area contributed by atoms with Gasteiger partial charge < -0.3 is 0 Å². The maximum atomic E-state index is 11.5. The van der Waals surface area contributed by atoms with E-state index in [9.17, 15) is 9.59 Å². The summed E-state index contributed by atoms with van der Waals surface area (Å²) >= 11 is 5.17. The molecule has 3 nitrogen and oxygen atoms in total. The average Bonchev–Trinajstić information content (AvgIpc) is 2.54. The second-order valence-corrected chi connectivity index (χ2v) is 3.91. The summed E-state index contributed by atoms with van der Waals surface area (Å²) in [6, 6.07) is 7.32. The summed E-state index contributed by atoms with van der Waals surface area (Å²) in [5.41, 5.74) is -1.14. The van der Waals surface area contributed by atoms with E-state index in [2.05, 4.69) is 4.99 Å². The Morgan fingerprint density at radius 1 is 1.33 bits per heavy atom. The Bertz CT molecular complexity index is 527. The van der Waals surface area contributed by atoms with Crippen molar-refractivity contribution in [3.8, 4) is 0 Å². The van der Waals surface area contributed by atoms with Crippen LogP contribution in [0.2, 0.25) is 0 Å². The zero-order valence-corrected chi connectivity index (χ0v) is 8.78. The quantitative estimate of drug-likeness (QED) is 0.529. The molecule has 0 spiro atoms. The van der Waals surface area contributed by atoms with E-state index in [0.717, 1.165) is 5.22 Å². The largest absolute Gasteiger partial charge is 0.291 e. The molecule has 0 saturated carbocycles. The molecule has 1 unspecified atom stereocenters. The lowest BCUT2D eigenvalue weighted by Gasteiger charge is -2.12. The van der Waals surface area contributed by atoms with Crippen molar-refractivity contribution < 1.29 is 9.59 Å². The van der Waals surface area contributed by atoms with E-state index < -0.39 is 16.6 Å². The minimum Gasteiger partial charge on any atom is -0.286 e. The first-order valence-electron chi connectivity index (χ1n) is 4.45. The summed E-state index contributed by atoms with van der Waals surface area (Å²) in [6.07, 6.45) is 1.66. The van der Waals surface area contributed by atoms with Crippen LogP contribution in [0.4, 0.5) is 0 Å². The van der Waals surface area contributed by atoms with Crippen molar-refractivity contribution in [2.45, 2.75) is 12.5 Å². The number of carbonyl (C=O) groups excluding carboxylic acids is 2. The molecule has 0 bridgehead atoms. The van der Waals surface area contributed by atoms with Gasteiger partial charge in [0.2, 0.25) is 5.78 Å². The maximum Gasteiger partial charge on any atom is 0.291 e. The minimum atomic E-state index is -1.14. The fourth-order valence-corrected chi connectivity index (χ4v) is 1.80. The Kier molecular flexibility index (Phi) is 2.20. The van der Waals surface area contributed by atoms with Crippen LogP contribution in [0, 0.1) is 0 Å². The molecule has 1 aliphatic rings. The average molecular weight is 222 g/mol. The molecule has 76 valence electrons. The van der Waals surface area contributed by atoms with Crippen molar-refractivity contribution in [2.24, 2.45) is 4.99 Å². The van der Waals surface area contributed by atoms with Gasteiger partial charge >= 0.3 is 0 Å². The van der Waals surface area contributed by atoms with E-state index in [1.807, 2.05) is 18.2 Å². The van der Waals surface area contributed by atoms with Crippen molar-refractivity contribution in [1.29, 1.82) is 0 Å². The number of rotatable bonds is 2. The molecule has 1 atom stereocenters. The Morgan fingerprint density at radius 3 is 2.60 bits per heavy atom. The van der Waals surface area contributed by atoms with Gasteiger partial charge in [0.25, 0.3) is 5.24 Å². The molecule has 1 aromatic rings. The van der Waals surface area contributed by atoms with E-state index in [1.165, 1.54) is 0 Å². The number of Topliss-reactive ketones (excluding diaryl/α,β-unsaturated/α-hetero) is 1. The highest BCUT2D eigenvalue weighted by Gasteiger charge is 2.36. The third kappa shape index (κ3) is 1.59. The summed E-state index contributed by atoms with van der Waals surface area (Å²) < 4.78 is 0. The fourth-order valence-electron chi connectivity index (χ4n) is 1.61.